The number of anilines is 1. The van der Waals surface area contributed by atoms with Gasteiger partial charge in [-0.05, 0) is 69.5 Å². The monoisotopic (exact) mass is 377 g/mol. The van der Waals surface area contributed by atoms with E-state index in [0.29, 0.717) is 6.54 Å². The van der Waals surface area contributed by atoms with Gasteiger partial charge in [0.25, 0.3) is 5.91 Å². The van der Waals surface area contributed by atoms with Crippen molar-refractivity contribution in [2.75, 3.05) is 4.90 Å². The fourth-order valence-corrected chi connectivity index (χ4v) is 3.29. The predicted octanol–water partition coefficient (Wildman–Crippen LogP) is 5.33. The van der Waals surface area contributed by atoms with Gasteiger partial charge in [0.1, 0.15) is 5.60 Å². The van der Waals surface area contributed by atoms with Crippen LogP contribution in [0.25, 0.3) is 6.08 Å². The number of carbonyl (C=O) groups excluding carboxylic acids is 2. The van der Waals surface area contributed by atoms with Gasteiger partial charge in [-0.1, -0.05) is 36.4 Å². The molecule has 2 aromatic rings. The lowest BCUT2D eigenvalue weighted by atomic mass is 10.0. The number of amides is 1. The summed E-state index contributed by atoms with van der Waals surface area (Å²) >= 11 is 0. The third-order valence-electron chi connectivity index (χ3n) is 4.76. The van der Waals surface area contributed by atoms with Gasteiger partial charge >= 0.3 is 5.97 Å². The molecule has 1 heterocycles. The molecular weight excluding hydrogens is 350 g/mol. The lowest BCUT2D eigenvalue weighted by Gasteiger charge is -2.23. The Bertz CT molecular complexity index is 920. The van der Waals surface area contributed by atoms with Gasteiger partial charge in [-0.3, -0.25) is 9.59 Å². The molecule has 0 aliphatic carbocycles. The van der Waals surface area contributed by atoms with Crippen LogP contribution in [0, 0.1) is 0 Å². The molecule has 2 aromatic carbocycles. The number of nitrogens with zero attached hydrogens (tertiary/aromatic N) is 1. The summed E-state index contributed by atoms with van der Waals surface area (Å²) in [5.41, 5.74) is 4.00. The van der Waals surface area contributed by atoms with Crippen LogP contribution in [0.15, 0.2) is 48.5 Å². The first kappa shape index (κ1) is 19.9. The molecule has 0 spiro atoms. The number of fused-ring (bicyclic) bond motifs is 1. The van der Waals surface area contributed by atoms with Crippen molar-refractivity contribution < 1.29 is 14.3 Å². The van der Waals surface area contributed by atoms with Gasteiger partial charge in [-0.25, -0.2) is 0 Å². The van der Waals surface area contributed by atoms with Gasteiger partial charge in [0.2, 0.25) is 0 Å². The van der Waals surface area contributed by atoms with Crippen LogP contribution in [0.3, 0.4) is 0 Å². The first-order valence-corrected chi connectivity index (χ1v) is 9.60. The average Bonchev–Trinajstić information content (AvgIpc) is 2.96. The number of hydrogen-bond donors (Lipinski definition) is 0. The quantitative estimate of drug-likeness (QED) is 0.677. The topological polar surface area (TPSA) is 46.6 Å². The molecule has 146 valence electrons. The van der Waals surface area contributed by atoms with E-state index >= 15 is 0 Å². The molecule has 0 saturated carbocycles. The zero-order chi connectivity index (χ0) is 20.5. The summed E-state index contributed by atoms with van der Waals surface area (Å²) in [6.07, 6.45) is 3.95. The number of ether oxygens (including phenoxy) is 1. The van der Waals surface area contributed by atoms with Crippen LogP contribution in [0.5, 0.6) is 0 Å². The van der Waals surface area contributed by atoms with E-state index < -0.39 is 5.60 Å². The largest absolute Gasteiger partial charge is 0.460 e. The molecule has 0 saturated heterocycles. The highest BCUT2D eigenvalue weighted by Crippen LogP contribution is 2.30. The van der Waals surface area contributed by atoms with Crippen molar-refractivity contribution in [2.45, 2.75) is 52.7 Å². The van der Waals surface area contributed by atoms with Gasteiger partial charge in [0.15, 0.2) is 0 Å². The Balaban J connectivity index is 1.77. The molecule has 28 heavy (non-hydrogen) atoms. The molecule has 4 heteroatoms. The molecule has 4 nitrogen and oxygen atoms in total. The molecular formula is C24H27NO3. The Morgan fingerprint density at radius 2 is 1.82 bits per heavy atom. The zero-order valence-electron chi connectivity index (χ0n) is 17.2. The molecule has 1 aliphatic heterocycles. The summed E-state index contributed by atoms with van der Waals surface area (Å²) < 4.78 is 5.47. The molecule has 0 fully saturated rings. The Morgan fingerprint density at radius 1 is 1.14 bits per heavy atom. The van der Waals surface area contributed by atoms with Crippen LogP contribution in [-0.2, 0) is 16.1 Å². The standard InChI is InChI=1S/C24H27NO3/c1-6-7-17-8-9-19-15-25(22(26)21(19)14-17)20-12-10-18(11-13-20)16(2)23(27)28-24(3,4)5/h6-14,16H,15H2,1-5H3/b7-6-. The van der Waals surface area contributed by atoms with Crippen molar-refractivity contribution in [1.29, 1.82) is 0 Å². The minimum Gasteiger partial charge on any atom is -0.460 e. The van der Waals surface area contributed by atoms with Gasteiger partial charge < -0.3 is 9.64 Å². The maximum atomic E-state index is 12.9. The molecule has 1 unspecified atom stereocenters. The highest BCUT2D eigenvalue weighted by Gasteiger charge is 2.29. The van der Waals surface area contributed by atoms with E-state index in [4.69, 9.17) is 4.74 Å². The summed E-state index contributed by atoms with van der Waals surface area (Å²) in [6, 6.07) is 13.6. The van der Waals surface area contributed by atoms with Crippen molar-refractivity contribution in [2.24, 2.45) is 0 Å². The van der Waals surface area contributed by atoms with E-state index in [0.717, 1.165) is 27.9 Å². The number of benzene rings is 2. The predicted molar refractivity (Wildman–Crippen MR) is 112 cm³/mol. The zero-order valence-corrected chi connectivity index (χ0v) is 17.2. The Hall–Kier alpha value is -2.88. The van der Waals surface area contributed by atoms with Crippen LogP contribution in [-0.4, -0.2) is 17.5 Å². The highest BCUT2D eigenvalue weighted by atomic mass is 16.6. The highest BCUT2D eigenvalue weighted by molar-refractivity contribution is 6.10. The fraction of sp³-hybridized carbons (Fsp3) is 0.333. The van der Waals surface area contributed by atoms with Crippen molar-refractivity contribution in [3.05, 3.63) is 70.8 Å². The molecule has 0 aromatic heterocycles. The minimum atomic E-state index is -0.509. The summed E-state index contributed by atoms with van der Waals surface area (Å²) in [5.74, 6) is -0.598. The van der Waals surface area contributed by atoms with E-state index in [1.165, 1.54) is 0 Å². The second-order valence-corrected chi connectivity index (χ2v) is 8.15. The summed E-state index contributed by atoms with van der Waals surface area (Å²) in [6.45, 7) is 9.94. The smallest absolute Gasteiger partial charge is 0.313 e. The third-order valence-corrected chi connectivity index (χ3v) is 4.76. The lowest BCUT2D eigenvalue weighted by Crippen LogP contribution is -2.27. The SMILES string of the molecule is C/C=C\c1ccc2c(c1)C(=O)N(c1ccc(C(C)C(=O)OC(C)(C)C)cc1)C2. The average molecular weight is 377 g/mol. The van der Waals surface area contributed by atoms with Crippen LogP contribution in [0.1, 0.15) is 67.6 Å². The first-order valence-electron chi connectivity index (χ1n) is 9.60. The van der Waals surface area contributed by atoms with E-state index in [2.05, 4.69) is 0 Å². The first-order chi connectivity index (χ1) is 13.2. The molecule has 0 radical (unpaired) electrons. The molecule has 1 amide bonds. The van der Waals surface area contributed by atoms with Gasteiger partial charge in [0.05, 0.1) is 12.5 Å². The van der Waals surface area contributed by atoms with Crippen LogP contribution >= 0.6 is 0 Å². The number of carbonyl (C=O) groups is 2. The third kappa shape index (κ3) is 4.16. The maximum Gasteiger partial charge on any atom is 0.313 e. The van der Waals surface area contributed by atoms with Gasteiger partial charge in [-0.2, -0.15) is 0 Å². The molecule has 0 bridgehead atoms. The van der Waals surface area contributed by atoms with E-state index in [1.807, 2.05) is 89.2 Å². The lowest BCUT2D eigenvalue weighted by molar-refractivity contribution is -0.156. The van der Waals surface area contributed by atoms with Gasteiger partial charge in [0, 0.05) is 11.3 Å². The Kier molecular flexibility index (Phi) is 5.41. The fourth-order valence-electron chi connectivity index (χ4n) is 3.29. The Morgan fingerprint density at radius 3 is 2.43 bits per heavy atom. The van der Waals surface area contributed by atoms with Gasteiger partial charge in [-0.15, -0.1) is 0 Å². The second kappa shape index (κ2) is 7.63. The van der Waals surface area contributed by atoms with Crippen LogP contribution in [0.4, 0.5) is 5.69 Å². The van der Waals surface area contributed by atoms with Crippen LogP contribution < -0.4 is 4.90 Å². The van der Waals surface area contributed by atoms with Crippen molar-refractivity contribution in [1.82, 2.24) is 0 Å². The molecule has 1 aliphatic rings. The Labute approximate surface area is 166 Å². The number of esters is 1. The second-order valence-electron chi connectivity index (χ2n) is 8.15. The molecule has 1 atom stereocenters. The van der Waals surface area contributed by atoms with Crippen molar-refractivity contribution in [3.63, 3.8) is 0 Å². The number of hydrogen-bond acceptors (Lipinski definition) is 3. The molecule has 3 rings (SSSR count). The van der Waals surface area contributed by atoms with E-state index in [9.17, 15) is 9.59 Å². The summed E-state index contributed by atoms with van der Waals surface area (Å²) in [7, 11) is 0. The summed E-state index contributed by atoms with van der Waals surface area (Å²) in [5, 5.41) is 0. The minimum absolute atomic E-state index is 0.00861. The molecule has 0 N–H and O–H groups in total. The maximum absolute atomic E-state index is 12.9. The number of rotatable bonds is 4. The van der Waals surface area contributed by atoms with E-state index in [1.54, 1.807) is 4.90 Å². The number of allylic oxidation sites excluding steroid dienone is 1. The van der Waals surface area contributed by atoms with E-state index in [-0.39, 0.29) is 17.8 Å². The normalized spacial score (nSPS) is 15.0. The van der Waals surface area contributed by atoms with Crippen LogP contribution in [0.2, 0.25) is 0 Å². The van der Waals surface area contributed by atoms with Crippen molar-refractivity contribution in [3.8, 4) is 0 Å². The van der Waals surface area contributed by atoms with Crippen molar-refractivity contribution >= 4 is 23.6 Å². The summed E-state index contributed by atoms with van der Waals surface area (Å²) in [4.78, 5) is 26.9.